The van der Waals surface area contributed by atoms with Gasteiger partial charge in [-0.1, -0.05) is 96.9 Å². The molecule has 1 N–H and O–H groups in total. The molecule has 1 amide bonds. The van der Waals surface area contributed by atoms with Gasteiger partial charge in [0.25, 0.3) is 5.91 Å². The van der Waals surface area contributed by atoms with Crippen molar-refractivity contribution in [3.05, 3.63) is 108 Å². The van der Waals surface area contributed by atoms with Crippen LogP contribution in [0.5, 0.6) is 0 Å². The largest absolute Gasteiger partial charge is 0.451 e. The molecule has 0 aliphatic carbocycles. The predicted octanol–water partition coefficient (Wildman–Crippen LogP) is 3.70. The highest BCUT2D eigenvalue weighted by Crippen LogP contribution is 2.40. The van der Waals surface area contributed by atoms with Crippen LogP contribution in [0.25, 0.3) is 0 Å². The Morgan fingerprint density at radius 1 is 0.867 bits per heavy atom. The molecule has 3 aromatic rings. The lowest BCUT2D eigenvalue weighted by atomic mass is 9.69. The van der Waals surface area contributed by atoms with Crippen molar-refractivity contribution < 1.29 is 14.3 Å². The molecule has 0 spiro atoms. The average Bonchev–Trinajstić information content (AvgIpc) is 2.80. The Bertz CT molecular complexity index is 927. The van der Waals surface area contributed by atoms with E-state index in [1.807, 2.05) is 91.0 Å². The van der Waals surface area contributed by atoms with Crippen molar-refractivity contribution in [3.63, 3.8) is 0 Å². The summed E-state index contributed by atoms with van der Waals surface area (Å²) < 4.78 is 5.72. The van der Waals surface area contributed by atoms with Crippen molar-refractivity contribution in [2.75, 3.05) is 6.54 Å². The SMILES string of the molecule is C#CCNC(=O)[C@H](C)OC(=O)C(c1ccccc1)(c1ccccc1)c1ccccc1. The molecule has 150 valence electrons. The fourth-order valence-corrected chi connectivity index (χ4v) is 3.50. The van der Waals surface area contributed by atoms with Gasteiger partial charge in [-0.3, -0.25) is 9.59 Å². The van der Waals surface area contributed by atoms with E-state index >= 15 is 0 Å². The first-order valence-electron chi connectivity index (χ1n) is 9.69. The van der Waals surface area contributed by atoms with Gasteiger partial charge in [0.05, 0.1) is 6.54 Å². The second-order valence-corrected chi connectivity index (χ2v) is 6.82. The summed E-state index contributed by atoms with van der Waals surface area (Å²) in [5, 5.41) is 2.56. The second-order valence-electron chi connectivity index (χ2n) is 6.82. The molecule has 0 unspecified atom stereocenters. The number of amides is 1. The van der Waals surface area contributed by atoms with Gasteiger partial charge in [0.15, 0.2) is 6.10 Å². The van der Waals surface area contributed by atoms with E-state index in [-0.39, 0.29) is 6.54 Å². The van der Waals surface area contributed by atoms with E-state index in [0.29, 0.717) is 0 Å². The standard InChI is InChI=1S/C26H23NO3/c1-3-19-27-24(28)20(2)30-25(29)26(21-13-7-4-8-14-21,22-15-9-5-10-16-22)23-17-11-6-12-18-23/h1,4-18,20H,19H2,2H3,(H,27,28)/t20-/m0/s1. The van der Waals surface area contributed by atoms with Crippen molar-refractivity contribution in [1.29, 1.82) is 0 Å². The van der Waals surface area contributed by atoms with Crippen molar-refractivity contribution in [2.45, 2.75) is 18.4 Å². The molecule has 0 radical (unpaired) electrons. The van der Waals surface area contributed by atoms with E-state index in [1.54, 1.807) is 0 Å². The maximum atomic E-state index is 13.8. The zero-order valence-electron chi connectivity index (χ0n) is 16.7. The van der Waals surface area contributed by atoms with Crippen LogP contribution in [0.2, 0.25) is 0 Å². The van der Waals surface area contributed by atoms with Crippen LogP contribution in [-0.4, -0.2) is 24.5 Å². The van der Waals surface area contributed by atoms with Crippen molar-refractivity contribution in [2.24, 2.45) is 0 Å². The number of hydrogen-bond donors (Lipinski definition) is 1. The zero-order chi connectivity index (χ0) is 21.4. The highest BCUT2D eigenvalue weighted by atomic mass is 16.5. The zero-order valence-corrected chi connectivity index (χ0v) is 16.7. The molecule has 0 fully saturated rings. The highest BCUT2D eigenvalue weighted by molar-refractivity contribution is 5.94. The Kier molecular flexibility index (Phi) is 6.67. The highest BCUT2D eigenvalue weighted by Gasteiger charge is 2.46. The van der Waals surface area contributed by atoms with E-state index in [9.17, 15) is 9.59 Å². The third-order valence-electron chi connectivity index (χ3n) is 4.94. The molecule has 0 heterocycles. The molecular formula is C26H23NO3. The monoisotopic (exact) mass is 397 g/mol. The predicted molar refractivity (Wildman–Crippen MR) is 117 cm³/mol. The summed E-state index contributed by atoms with van der Waals surface area (Å²) in [5.74, 6) is 1.37. The van der Waals surface area contributed by atoms with E-state index in [4.69, 9.17) is 11.2 Å². The molecule has 0 aromatic heterocycles. The minimum absolute atomic E-state index is 0.0714. The molecule has 1 atom stereocenters. The molecule has 0 saturated heterocycles. The first-order valence-corrected chi connectivity index (χ1v) is 9.69. The van der Waals surface area contributed by atoms with Gasteiger partial charge in [-0.05, 0) is 23.6 Å². The summed E-state index contributed by atoms with van der Waals surface area (Å²) in [4.78, 5) is 26.1. The minimum atomic E-state index is -1.23. The molecule has 3 aromatic carbocycles. The lowest BCUT2D eigenvalue weighted by molar-refractivity contribution is -0.157. The lowest BCUT2D eigenvalue weighted by Crippen LogP contribution is -2.44. The van der Waals surface area contributed by atoms with E-state index < -0.39 is 23.4 Å². The average molecular weight is 397 g/mol. The Balaban J connectivity index is 2.15. The van der Waals surface area contributed by atoms with E-state index in [1.165, 1.54) is 6.92 Å². The van der Waals surface area contributed by atoms with Gasteiger partial charge < -0.3 is 10.1 Å². The number of esters is 1. The summed E-state index contributed by atoms with van der Waals surface area (Å²) in [7, 11) is 0. The Morgan fingerprint density at radius 2 is 1.27 bits per heavy atom. The number of nitrogens with one attached hydrogen (secondary N) is 1. The first kappa shape index (κ1) is 20.9. The fourth-order valence-electron chi connectivity index (χ4n) is 3.50. The van der Waals surface area contributed by atoms with Crippen LogP contribution in [0, 0.1) is 12.3 Å². The summed E-state index contributed by atoms with van der Waals surface area (Å²) in [6, 6.07) is 28.3. The van der Waals surface area contributed by atoms with Crippen molar-refractivity contribution in [1.82, 2.24) is 5.32 Å². The number of terminal acetylenes is 1. The second kappa shape index (κ2) is 9.58. The van der Waals surface area contributed by atoms with Gasteiger partial charge in [-0.15, -0.1) is 6.42 Å². The van der Waals surface area contributed by atoms with Crippen LogP contribution in [0.3, 0.4) is 0 Å². The molecule has 30 heavy (non-hydrogen) atoms. The number of carbonyl (C=O) groups is 2. The molecular weight excluding hydrogens is 374 g/mol. The Labute approximate surface area is 176 Å². The van der Waals surface area contributed by atoms with Crippen LogP contribution in [0.15, 0.2) is 91.0 Å². The number of ether oxygens (including phenoxy) is 1. The molecule has 4 nitrogen and oxygen atoms in total. The number of rotatable bonds is 7. The lowest BCUT2D eigenvalue weighted by Gasteiger charge is -2.34. The van der Waals surface area contributed by atoms with Gasteiger partial charge in [0.1, 0.15) is 5.41 Å². The van der Waals surface area contributed by atoms with Gasteiger partial charge in [-0.25, -0.2) is 0 Å². The molecule has 0 saturated carbocycles. The molecule has 0 aliphatic rings. The first-order chi connectivity index (χ1) is 14.6. The van der Waals surface area contributed by atoms with Crippen LogP contribution >= 0.6 is 0 Å². The summed E-state index contributed by atoms with van der Waals surface area (Å²) >= 11 is 0. The Hall–Kier alpha value is -3.84. The smallest absolute Gasteiger partial charge is 0.326 e. The van der Waals surface area contributed by atoms with E-state index in [2.05, 4.69) is 11.2 Å². The van der Waals surface area contributed by atoms with Crippen LogP contribution < -0.4 is 5.32 Å². The van der Waals surface area contributed by atoms with Crippen molar-refractivity contribution >= 4 is 11.9 Å². The van der Waals surface area contributed by atoms with Gasteiger partial charge >= 0.3 is 5.97 Å². The normalized spacial score (nSPS) is 11.7. The Morgan fingerprint density at radius 3 is 1.63 bits per heavy atom. The number of benzene rings is 3. The van der Waals surface area contributed by atoms with Crippen LogP contribution in [-0.2, 0) is 19.7 Å². The van der Waals surface area contributed by atoms with Gasteiger partial charge in [0, 0.05) is 0 Å². The molecule has 4 heteroatoms. The van der Waals surface area contributed by atoms with Crippen molar-refractivity contribution in [3.8, 4) is 12.3 Å². The fraction of sp³-hybridized carbons (Fsp3) is 0.154. The van der Waals surface area contributed by atoms with Gasteiger partial charge in [-0.2, -0.15) is 0 Å². The molecule has 0 aliphatic heterocycles. The topological polar surface area (TPSA) is 55.4 Å². The minimum Gasteiger partial charge on any atom is -0.451 e. The van der Waals surface area contributed by atoms with E-state index in [0.717, 1.165) is 16.7 Å². The quantitative estimate of drug-likeness (QED) is 0.376. The number of hydrogen-bond acceptors (Lipinski definition) is 3. The summed E-state index contributed by atoms with van der Waals surface area (Å²) in [6.45, 7) is 1.61. The maximum Gasteiger partial charge on any atom is 0.326 e. The van der Waals surface area contributed by atoms with Gasteiger partial charge in [0.2, 0.25) is 0 Å². The third-order valence-corrected chi connectivity index (χ3v) is 4.94. The summed E-state index contributed by atoms with van der Waals surface area (Å²) in [5.41, 5.74) is 1.03. The third kappa shape index (κ3) is 4.11. The van der Waals surface area contributed by atoms with Crippen LogP contribution in [0.4, 0.5) is 0 Å². The summed E-state index contributed by atoms with van der Waals surface area (Å²) in [6.07, 6.45) is 4.20. The molecule has 3 rings (SSSR count). The number of carbonyl (C=O) groups excluding carboxylic acids is 2. The van der Waals surface area contributed by atoms with Crippen LogP contribution in [0.1, 0.15) is 23.6 Å². The molecule has 0 bridgehead atoms. The maximum absolute atomic E-state index is 13.8.